The first-order valence-corrected chi connectivity index (χ1v) is 2.84. The van der Waals surface area contributed by atoms with Crippen molar-refractivity contribution >= 4 is 12.2 Å². The van der Waals surface area contributed by atoms with Crippen molar-refractivity contribution in [2.45, 2.75) is 12.6 Å². The molecule has 0 saturated carbocycles. The lowest BCUT2D eigenvalue weighted by molar-refractivity contribution is -0.142. The molecule has 0 radical (unpaired) electrons. The predicted octanol–water partition coefficient (Wildman–Crippen LogP) is 0.433. The summed E-state index contributed by atoms with van der Waals surface area (Å²) in [5.74, 6) is -1.18. The van der Waals surface area contributed by atoms with E-state index in [0.717, 1.165) is 0 Å². The normalized spacial score (nSPS) is 12.0. The van der Waals surface area contributed by atoms with E-state index in [2.05, 4.69) is 9.53 Å². The smallest absolute Gasteiger partial charge is 0.413 e. The number of carbonyl (C=O) groups excluding carboxylic acids is 1. The first-order chi connectivity index (χ1) is 5.57. The minimum Gasteiger partial charge on any atom is -0.454 e. The number of alkyl halides is 3. The van der Waals surface area contributed by atoms with Gasteiger partial charge in [-0.1, -0.05) is 0 Å². The Bertz CT molecular complexity index is 203. The third kappa shape index (κ3) is 4.45. The molecule has 12 heavy (non-hydrogen) atoms. The number of nitrogens with zero attached hydrogens (tertiary/aromatic N) is 2. The molecule has 0 amide bonds. The van der Waals surface area contributed by atoms with Crippen LogP contribution in [0, 0.1) is 0 Å². The minimum atomic E-state index is -3.19. The molecule has 0 bridgehead atoms. The maximum atomic E-state index is 12.0. The van der Waals surface area contributed by atoms with E-state index in [0.29, 0.717) is 6.21 Å². The van der Waals surface area contributed by atoms with Crippen LogP contribution in [0.3, 0.4) is 0 Å². The molecular formula is C5H5F3N2O2. The molecular weight excluding hydrogens is 177 g/mol. The molecule has 0 aliphatic heterocycles. The summed E-state index contributed by atoms with van der Waals surface area (Å²) in [6, 6.07) is 0. The third-order valence-corrected chi connectivity index (χ3v) is 0.821. The summed E-state index contributed by atoms with van der Waals surface area (Å²) in [6.45, 7) is -1.05. The van der Waals surface area contributed by atoms with Gasteiger partial charge in [-0.2, -0.15) is 4.79 Å². The van der Waals surface area contributed by atoms with Crippen molar-refractivity contribution in [2.75, 3.05) is 6.61 Å². The van der Waals surface area contributed by atoms with Crippen molar-refractivity contribution in [2.24, 2.45) is 0 Å². The SMILES string of the molecule is [N-]=[N+]=CC(=O)OCC(F)C(F)F. The quantitative estimate of drug-likeness (QED) is 0.274. The van der Waals surface area contributed by atoms with Gasteiger partial charge in [0.1, 0.15) is 6.61 Å². The molecule has 7 heteroatoms. The first-order valence-electron chi connectivity index (χ1n) is 2.84. The van der Waals surface area contributed by atoms with Gasteiger partial charge in [-0.15, -0.1) is 0 Å². The maximum absolute atomic E-state index is 12.0. The van der Waals surface area contributed by atoms with Crippen molar-refractivity contribution in [1.82, 2.24) is 0 Å². The Morgan fingerprint density at radius 1 is 1.58 bits per heavy atom. The fourth-order valence-corrected chi connectivity index (χ4v) is 0.319. The van der Waals surface area contributed by atoms with Gasteiger partial charge < -0.3 is 10.3 Å². The van der Waals surface area contributed by atoms with Crippen LogP contribution >= 0.6 is 0 Å². The Morgan fingerprint density at radius 2 is 2.17 bits per heavy atom. The van der Waals surface area contributed by atoms with E-state index >= 15 is 0 Å². The molecule has 0 aliphatic rings. The topological polar surface area (TPSA) is 62.7 Å². The summed E-state index contributed by atoms with van der Waals surface area (Å²) >= 11 is 0. The van der Waals surface area contributed by atoms with Crippen LogP contribution in [0.15, 0.2) is 0 Å². The Balaban J connectivity index is 3.68. The molecule has 0 aromatic rings. The summed E-state index contributed by atoms with van der Waals surface area (Å²) in [6.07, 6.45) is -5.37. The maximum Gasteiger partial charge on any atom is 0.413 e. The standard InChI is InChI=1S/C5H5F3N2O2/c6-3(5(7)8)2-12-4(11)1-10-9/h1,3,5H,2H2. The van der Waals surface area contributed by atoms with E-state index in [1.54, 1.807) is 0 Å². The lowest BCUT2D eigenvalue weighted by atomic mass is 10.4. The molecule has 4 nitrogen and oxygen atoms in total. The van der Waals surface area contributed by atoms with Gasteiger partial charge in [0, 0.05) is 0 Å². The molecule has 1 unspecified atom stereocenters. The van der Waals surface area contributed by atoms with E-state index in [4.69, 9.17) is 5.53 Å². The van der Waals surface area contributed by atoms with E-state index in [9.17, 15) is 18.0 Å². The number of esters is 1. The molecule has 0 saturated heterocycles. The van der Waals surface area contributed by atoms with Crippen LogP contribution in [0.1, 0.15) is 0 Å². The van der Waals surface area contributed by atoms with Gasteiger partial charge in [0.15, 0.2) is 6.17 Å². The molecule has 68 valence electrons. The molecule has 0 fully saturated rings. The van der Waals surface area contributed by atoms with E-state index < -0.39 is 25.2 Å². The third-order valence-electron chi connectivity index (χ3n) is 0.821. The second-order valence-corrected chi connectivity index (χ2v) is 1.73. The highest BCUT2D eigenvalue weighted by molar-refractivity contribution is 6.20. The van der Waals surface area contributed by atoms with Crippen LogP contribution in [0.5, 0.6) is 0 Å². The van der Waals surface area contributed by atoms with Gasteiger partial charge >= 0.3 is 12.2 Å². The van der Waals surface area contributed by atoms with Crippen LogP contribution in [0.2, 0.25) is 0 Å². The van der Waals surface area contributed by atoms with Crippen LogP contribution < -0.4 is 0 Å². The summed E-state index contributed by atoms with van der Waals surface area (Å²) in [5.41, 5.74) is 7.74. The Labute approximate surface area is 65.6 Å². The van der Waals surface area contributed by atoms with E-state index in [1.165, 1.54) is 0 Å². The zero-order chi connectivity index (χ0) is 9.56. The van der Waals surface area contributed by atoms with Crippen LogP contribution in [0.25, 0.3) is 5.53 Å². The molecule has 0 N–H and O–H groups in total. The average molecular weight is 182 g/mol. The molecule has 0 spiro atoms. The molecule has 0 heterocycles. The fourth-order valence-electron chi connectivity index (χ4n) is 0.319. The monoisotopic (exact) mass is 182 g/mol. The number of rotatable bonds is 4. The Kier molecular flexibility index (Phi) is 4.71. The van der Waals surface area contributed by atoms with Gasteiger partial charge in [0.2, 0.25) is 0 Å². The van der Waals surface area contributed by atoms with E-state index in [-0.39, 0.29) is 0 Å². The summed E-state index contributed by atoms with van der Waals surface area (Å²) in [7, 11) is 0. The Hall–Kier alpha value is -1.36. The lowest BCUT2D eigenvalue weighted by Gasteiger charge is -2.04. The Morgan fingerprint density at radius 3 is 2.58 bits per heavy atom. The van der Waals surface area contributed by atoms with Gasteiger partial charge in [0.05, 0.1) is 0 Å². The fraction of sp³-hybridized carbons (Fsp3) is 0.600. The first kappa shape index (κ1) is 10.6. The summed E-state index contributed by atoms with van der Waals surface area (Å²) in [5, 5.41) is 0. The van der Waals surface area contributed by atoms with Crippen LogP contribution in [-0.4, -0.2) is 36.2 Å². The van der Waals surface area contributed by atoms with Crippen LogP contribution in [-0.2, 0) is 9.53 Å². The molecule has 0 aliphatic carbocycles. The zero-order valence-electron chi connectivity index (χ0n) is 5.78. The predicted molar refractivity (Wildman–Crippen MR) is 31.5 cm³/mol. The van der Waals surface area contributed by atoms with Gasteiger partial charge in [-0.3, -0.25) is 0 Å². The minimum absolute atomic E-state index is 0.332. The zero-order valence-corrected chi connectivity index (χ0v) is 5.78. The lowest BCUT2D eigenvalue weighted by Crippen LogP contribution is -2.22. The van der Waals surface area contributed by atoms with Crippen molar-refractivity contribution in [1.29, 1.82) is 0 Å². The molecule has 1 atom stereocenters. The van der Waals surface area contributed by atoms with Crippen LogP contribution in [0.4, 0.5) is 13.2 Å². The van der Waals surface area contributed by atoms with Gasteiger partial charge in [-0.05, 0) is 0 Å². The summed E-state index contributed by atoms with van der Waals surface area (Å²) in [4.78, 5) is 12.5. The number of halogens is 3. The number of hydrogen-bond donors (Lipinski definition) is 0. The molecule has 0 aromatic carbocycles. The van der Waals surface area contributed by atoms with Gasteiger partial charge in [0.25, 0.3) is 6.43 Å². The summed E-state index contributed by atoms with van der Waals surface area (Å²) < 4.78 is 38.7. The van der Waals surface area contributed by atoms with Crippen molar-refractivity contribution in [3.05, 3.63) is 5.53 Å². The van der Waals surface area contributed by atoms with Gasteiger partial charge in [-0.25, -0.2) is 18.0 Å². The largest absolute Gasteiger partial charge is 0.454 e. The van der Waals surface area contributed by atoms with Crippen molar-refractivity contribution < 1.29 is 27.5 Å². The second kappa shape index (κ2) is 5.31. The number of ether oxygens (including phenoxy) is 1. The van der Waals surface area contributed by atoms with E-state index in [1.807, 2.05) is 0 Å². The highest BCUT2D eigenvalue weighted by Crippen LogP contribution is 2.04. The average Bonchev–Trinajstić information content (AvgIpc) is 2.00. The highest BCUT2D eigenvalue weighted by Gasteiger charge is 2.21. The van der Waals surface area contributed by atoms with Crippen molar-refractivity contribution in [3.8, 4) is 0 Å². The number of carbonyl (C=O) groups is 1. The number of hydrogen-bond acceptors (Lipinski definition) is 2. The molecule has 0 rings (SSSR count). The van der Waals surface area contributed by atoms with Crippen molar-refractivity contribution in [3.63, 3.8) is 0 Å². The molecule has 0 aromatic heterocycles. The highest BCUT2D eigenvalue weighted by atomic mass is 19.3. The second-order valence-electron chi connectivity index (χ2n) is 1.73.